The van der Waals surface area contributed by atoms with Gasteiger partial charge >= 0.3 is 6.09 Å². The van der Waals surface area contributed by atoms with Crippen LogP contribution in [-0.2, 0) is 4.74 Å². The van der Waals surface area contributed by atoms with Crippen LogP contribution in [0.15, 0.2) is 18.2 Å². The number of primary amides is 1. The van der Waals surface area contributed by atoms with Crippen molar-refractivity contribution in [3.05, 3.63) is 29.3 Å². The Kier molecular flexibility index (Phi) is 4.33. The molecular formula is C11H15N3O3. The van der Waals surface area contributed by atoms with Crippen LogP contribution in [0.5, 0.6) is 0 Å². The summed E-state index contributed by atoms with van der Waals surface area (Å²) < 4.78 is 4.47. The van der Waals surface area contributed by atoms with Gasteiger partial charge in [0.05, 0.1) is 12.1 Å². The van der Waals surface area contributed by atoms with Crippen LogP contribution in [0.1, 0.15) is 15.9 Å². The fraction of sp³-hybridized carbons (Fsp3) is 0.273. The zero-order valence-electron chi connectivity index (χ0n) is 9.53. The van der Waals surface area contributed by atoms with Crippen molar-refractivity contribution in [1.29, 1.82) is 0 Å². The summed E-state index contributed by atoms with van der Waals surface area (Å²) in [7, 11) is 0. The monoisotopic (exact) mass is 237 g/mol. The average Bonchev–Trinajstić information content (AvgIpc) is 2.27. The summed E-state index contributed by atoms with van der Waals surface area (Å²) in [5.41, 5.74) is 12.2. The minimum atomic E-state index is -0.866. The van der Waals surface area contributed by atoms with Crippen molar-refractivity contribution >= 4 is 17.7 Å². The Hall–Kier alpha value is -2.24. The predicted molar refractivity (Wildman–Crippen MR) is 63.5 cm³/mol. The van der Waals surface area contributed by atoms with Crippen molar-refractivity contribution in [3.63, 3.8) is 0 Å². The lowest BCUT2D eigenvalue weighted by Gasteiger charge is -2.08. The van der Waals surface area contributed by atoms with Gasteiger partial charge in [0.1, 0.15) is 6.61 Å². The van der Waals surface area contributed by atoms with Gasteiger partial charge in [-0.15, -0.1) is 0 Å². The van der Waals surface area contributed by atoms with Gasteiger partial charge in [-0.05, 0) is 19.1 Å². The molecule has 6 nitrogen and oxygen atoms in total. The summed E-state index contributed by atoms with van der Waals surface area (Å²) in [6, 6.07) is 5.19. The van der Waals surface area contributed by atoms with E-state index < -0.39 is 6.09 Å². The van der Waals surface area contributed by atoms with Crippen LogP contribution in [-0.4, -0.2) is 25.2 Å². The largest absolute Gasteiger partial charge is 0.448 e. The number of carbonyl (C=O) groups is 2. The normalized spacial score (nSPS) is 9.71. The standard InChI is InChI=1S/C11H15N3O3/c1-7-2-3-9(12)8(6-7)10(15)14-4-5-17-11(13)16/h2-3,6H,4-5,12H2,1H3,(H2,13,16)(H,14,15). The zero-order chi connectivity index (χ0) is 12.8. The molecule has 0 unspecified atom stereocenters. The van der Waals surface area contributed by atoms with Gasteiger partial charge in [0, 0.05) is 5.69 Å². The maximum atomic E-state index is 11.7. The molecule has 0 aromatic heterocycles. The second kappa shape index (κ2) is 5.74. The molecule has 0 aliphatic heterocycles. The molecule has 17 heavy (non-hydrogen) atoms. The number of aryl methyl sites for hydroxylation is 1. The van der Waals surface area contributed by atoms with E-state index in [-0.39, 0.29) is 19.1 Å². The highest BCUT2D eigenvalue weighted by Crippen LogP contribution is 2.13. The van der Waals surface area contributed by atoms with Crippen LogP contribution in [0.25, 0.3) is 0 Å². The summed E-state index contributed by atoms with van der Waals surface area (Å²) in [6.45, 7) is 2.09. The third-order valence-corrected chi connectivity index (χ3v) is 2.09. The first-order valence-electron chi connectivity index (χ1n) is 5.07. The molecule has 92 valence electrons. The van der Waals surface area contributed by atoms with Crippen molar-refractivity contribution in [1.82, 2.24) is 5.32 Å². The first kappa shape index (κ1) is 12.8. The molecule has 1 aromatic rings. The van der Waals surface area contributed by atoms with Crippen molar-refractivity contribution in [3.8, 4) is 0 Å². The lowest BCUT2D eigenvalue weighted by Crippen LogP contribution is -2.29. The number of benzene rings is 1. The van der Waals surface area contributed by atoms with Gasteiger partial charge in [0.25, 0.3) is 5.91 Å². The highest BCUT2D eigenvalue weighted by Gasteiger charge is 2.09. The number of anilines is 1. The highest BCUT2D eigenvalue weighted by molar-refractivity contribution is 5.99. The number of hydrogen-bond donors (Lipinski definition) is 3. The van der Waals surface area contributed by atoms with E-state index in [9.17, 15) is 9.59 Å². The molecule has 1 rings (SSSR count). The molecule has 0 heterocycles. The minimum absolute atomic E-state index is 0.0345. The summed E-state index contributed by atoms with van der Waals surface area (Å²) >= 11 is 0. The lowest BCUT2D eigenvalue weighted by molar-refractivity contribution is 0.0937. The van der Waals surface area contributed by atoms with Gasteiger partial charge < -0.3 is 21.5 Å². The molecule has 2 amide bonds. The number of carbonyl (C=O) groups excluding carboxylic acids is 2. The zero-order valence-corrected chi connectivity index (χ0v) is 9.53. The Morgan fingerprint density at radius 3 is 2.76 bits per heavy atom. The molecule has 0 aliphatic carbocycles. The summed E-state index contributed by atoms with van der Waals surface area (Å²) in [6.07, 6.45) is -0.866. The average molecular weight is 237 g/mol. The third kappa shape index (κ3) is 4.02. The van der Waals surface area contributed by atoms with Gasteiger partial charge in [0.15, 0.2) is 0 Å². The molecule has 0 bridgehead atoms. The van der Waals surface area contributed by atoms with E-state index in [0.717, 1.165) is 5.56 Å². The Labute approximate surface area is 98.9 Å². The lowest BCUT2D eigenvalue weighted by atomic mass is 10.1. The van der Waals surface area contributed by atoms with Crippen LogP contribution in [0.2, 0.25) is 0 Å². The quantitative estimate of drug-likeness (QED) is 0.520. The van der Waals surface area contributed by atoms with E-state index in [1.165, 1.54) is 0 Å². The molecule has 0 atom stereocenters. The minimum Gasteiger partial charge on any atom is -0.448 e. The first-order valence-corrected chi connectivity index (χ1v) is 5.07. The fourth-order valence-electron chi connectivity index (χ4n) is 1.28. The number of nitrogens with two attached hydrogens (primary N) is 2. The van der Waals surface area contributed by atoms with Gasteiger partial charge in [-0.3, -0.25) is 4.79 Å². The van der Waals surface area contributed by atoms with E-state index in [1.54, 1.807) is 12.1 Å². The second-order valence-corrected chi connectivity index (χ2v) is 3.51. The van der Waals surface area contributed by atoms with E-state index in [0.29, 0.717) is 11.3 Å². The SMILES string of the molecule is Cc1ccc(N)c(C(=O)NCCOC(N)=O)c1. The molecule has 0 saturated heterocycles. The fourth-order valence-corrected chi connectivity index (χ4v) is 1.28. The first-order chi connectivity index (χ1) is 8.00. The topological polar surface area (TPSA) is 107 Å². The van der Waals surface area contributed by atoms with E-state index in [1.807, 2.05) is 13.0 Å². The Morgan fingerprint density at radius 2 is 2.12 bits per heavy atom. The number of nitrogens with one attached hydrogen (secondary N) is 1. The maximum absolute atomic E-state index is 11.7. The number of amides is 2. The third-order valence-electron chi connectivity index (χ3n) is 2.09. The Balaban J connectivity index is 2.52. The highest BCUT2D eigenvalue weighted by atomic mass is 16.5. The molecule has 0 fully saturated rings. The Morgan fingerprint density at radius 1 is 1.41 bits per heavy atom. The van der Waals surface area contributed by atoms with Crippen LogP contribution in [0.4, 0.5) is 10.5 Å². The van der Waals surface area contributed by atoms with Crippen molar-refractivity contribution < 1.29 is 14.3 Å². The number of rotatable bonds is 4. The van der Waals surface area contributed by atoms with Gasteiger partial charge in [-0.1, -0.05) is 11.6 Å². The van der Waals surface area contributed by atoms with E-state index in [4.69, 9.17) is 11.5 Å². The summed E-state index contributed by atoms with van der Waals surface area (Å²) in [5, 5.41) is 2.57. The molecule has 5 N–H and O–H groups in total. The molecule has 0 spiro atoms. The van der Waals surface area contributed by atoms with E-state index in [2.05, 4.69) is 10.1 Å². The molecule has 1 aromatic carbocycles. The molecule has 0 radical (unpaired) electrons. The Bertz CT molecular complexity index is 432. The molecule has 0 aliphatic rings. The van der Waals surface area contributed by atoms with Crippen LogP contribution >= 0.6 is 0 Å². The second-order valence-electron chi connectivity index (χ2n) is 3.51. The predicted octanol–water partition coefficient (Wildman–Crippen LogP) is 0.402. The molecule has 0 saturated carbocycles. The van der Waals surface area contributed by atoms with Crippen molar-refractivity contribution in [2.24, 2.45) is 5.73 Å². The van der Waals surface area contributed by atoms with Gasteiger partial charge in [-0.25, -0.2) is 4.79 Å². The van der Waals surface area contributed by atoms with Crippen LogP contribution in [0.3, 0.4) is 0 Å². The van der Waals surface area contributed by atoms with E-state index >= 15 is 0 Å². The molecule has 6 heteroatoms. The number of ether oxygens (including phenoxy) is 1. The number of nitrogen functional groups attached to an aromatic ring is 1. The van der Waals surface area contributed by atoms with Crippen LogP contribution < -0.4 is 16.8 Å². The molecular weight excluding hydrogens is 222 g/mol. The maximum Gasteiger partial charge on any atom is 0.404 e. The van der Waals surface area contributed by atoms with Gasteiger partial charge in [-0.2, -0.15) is 0 Å². The smallest absolute Gasteiger partial charge is 0.404 e. The van der Waals surface area contributed by atoms with Crippen molar-refractivity contribution in [2.45, 2.75) is 6.92 Å². The number of hydrogen-bond acceptors (Lipinski definition) is 4. The van der Waals surface area contributed by atoms with Crippen molar-refractivity contribution in [2.75, 3.05) is 18.9 Å². The van der Waals surface area contributed by atoms with Crippen LogP contribution in [0, 0.1) is 6.92 Å². The summed E-state index contributed by atoms with van der Waals surface area (Å²) in [5.74, 6) is -0.306. The summed E-state index contributed by atoms with van der Waals surface area (Å²) in [4.78, 5) is 22.0. The van der Waals surface area contributed by atoms with Gasteiger partial charge in [0.2, 0.25) is 0 Å².